The van der Waals surface area contributed by atoms with Gasteiger partial charge in [0.25, 0.3) is 0 Å². The summed E-state index contributed by atoms with van der Waals surface area (Å²) >= 11 is 0. The molecule has 0 aromatic carbocycles. The lowest BCUT2D eigenvalue weighted by atomic mass is 9.94. The van der Waals surface area contributed by atoms with E-state index in [4.69, 9.17) is 0 Å². The lowest BCUT2D eigenvalue weighted by molar-refractivity contribution is 0.364. The highest BCUT2D eigenvalue weighted by atomic mass is 14.9. The van der Waals surface area contributed by atoms with Crippen LogP contribution in [0, 0.1) is 5.92 Å². The minimum atomic E-state index is 0.627. The topological polar surface area (TPSA) is 12.0 Å². The molecule has 0 saturated heterocycles. The van der Waals surface area contributed by atoms with Gasteiger partial charge in [-0.3, -0.25) is 0 Å². The minimum absolute atomic E-state index is 0.627. The van der Waals surface area contributed by atoms with Gasteiger partial charge in [-0.05, 0) is 32.2 Å². The Bertz CT molecular complexity index is 140. The number of rotatable bonds is 7. The van der Waals surface area contributed by atoms with Gasteiger partial charge in [0.2, 0.25) is 0 Å². The monoisotopic (exact) mass is 183 g/mol. The Labute approximate surface area is 83.6 Å². The van der Waals surface area contributed by atoms with Crippen LogP contribution >= 0.6 is 0 Å². The van der Waals surface area contributed by atoms with Gasteiger partial charge >= 0.3 is 0 Å². The highest BCUT2D eigenvalue weighted by Gasteiger charge is 2.14. The molecule has 0 aliphatic heterocycles. The molecule has 78 valence electrons. The summed E-state index contributed by atoms with van der Waals surface area (Å²) in [7, 11) is 0. The van der Waals surface area contributed by atoms with Crippen molar-refractivity contribution in [2.75, 3.05) is 6.54 Å². The summed E-state index contributed by atoms with van der Waals surface area (Å²) in [5, 5.41) is 3.59. The van der Waals surface area contributed by atoms with Crippen LogP contribution in [0.1, 0.15) is 47.0 Å². The minimum Gasteiger partial charge on any atom is -0.313 e. The molecule has 0 spiro atoms. The maximum atomic E-state index is 3.98. The Morgan fingerprint density at radius 1 is 1.38 bits per heavy atom. The largest absolute Gasteiger partial charge is 0.313 e. The van der Waals surface area contributed by atoms with Crippen molar-refractivity contribution in [1.29, 1.82) is 0 Å². The Morgan fingerprint density at radius 2 is 2.00 bits per heavy atom. The molecule has 2 atom stereocenters. The fraction of sp³-hybridized carbons (Fsp3) is 0.833. The van der Waals surface area contributed by atoms with E-state index in [2.05, 4.69) is 39.6 Å². The lowest BCUT2D eigenvalue weighted by Gasteiger charge is -2.24. The average molecular weight is 183 g/mol. The highest BCUT2D eigenvalue weighted by molar-refractivity contribution is 4.94. The molecule has 1 nitrogen and oxygen atoms in total. The predicted molar refractivity (Wildman–Crippen MR) is 61.0 cm³/mol. The summed E-state index contributed by atoms with van der Waals surface area (Å²) in [6, 6.07) is 0.627. The zero-order valence-electron chi connectivity index (χ0n) is 9.69. The summed E-state index contributed by atoms with van der Waals surface area (Å²) in [6.07, 6.45) is 3.58. The third kappa shape index (κ3) is 5.87. The van der Waals surface area contributed by atoms with E-state index in [1.165, 1.54) is 18.4 Å². The second kappa shape index (κ2) is 7.14. The number of hydrogen-bond acceptors (Lipinski definition) is 1. The summed E-state index contributed by atoms with van der Waals surface area (Å²) in [5.74, 6) is 0.753. The normalized spacial score (nSPS) is 15.4. The van der Waals surface area contributed by atoms with Gasteiger partial charge in [-0.2, -0.15) is 0 Å². The third-order valence-corrected chi connectivity index (χ3v) is 2.56. The van der Waals surface area contributed by atoms with Crippen LogP contribution in [0.5, 0.6) is 0 Å². The molecule has 0 rings (SSSR count). The van der Waals surface area contributed by atoms with Crippen molar-refractivity contribution in [2.24, 2.45) is 5.92 Å². The van der Waals surface area contributed by atoms with E-state index >= 15 is 0 Å². The van der Waals surface area contributed by atoms with Crippen molar-refractivity contribution in [1.82, 2.24) is 5.32 Å². The van der Waals surface area contributed by atoms with E-state index in [1.807, 2.05) is 0 Å². The molecule has 2 unspecified atom stereocenters. The second-order valence-corrected chi connectivity index (χ2v) is 4.11. The molecule has 0 amide bonds. The number of nitrogens with one attached hydrogen (secondary N) is 1. The smallest absolute Gasteiger partial charge is 0.0129 e. The van der Waals surface area contributed by atoms with Crippen LogP contribution in [0.25, 0.3) is 0 Å². The molecule has 1 N–H and O–H groups in total. The van der Waals surface area contributed by atoms with Crippen LogP contribution in [0.3, 0.4) is 0 Å². The fourth-order valence-corrected chi connectivity index (χ4v) is 1.46. The Hall–Kier alpha value is -0.300. The molecule has 0 heterocycles. The first kappa shape index (κ1) is 12.7. The molecular weight excluding hydrogens is 158 g/mol. The molecule has 0 aromatic rings. The first-order valence-electron chi connectivity index (χ1n) is 5.49. The maximum absolute atomic E-state index is 3.98. The summed E-state index contributed by atoms with van der Waals surface area (Å²) in [6.45, 7) is 14.0. The van der Waals surface area contributed by atoms with E-state index in [0.717, 1.165) is 18.9 Å². The highest BCUT2D eigenvalue weighted by Crippen LogP contribution is 2.14. The van der Waals surface area contributed by atoms with Crippen LogP contribution in [-0.4, -0.2) is 12.6 Å². The number of hydrogen-bond donors (Lipinski definition) is 1. The van der Waals surface area contributed by atoms with E-state index in [9.17, 15) is 0 Å². The SMILES string of the molecule is C=C(C)CC(NCCC)C(C)CC. The summed E-state index contributed by atoms with van der Waals surface area (Å²) in [4.78, 5) is 0. The van der Waals surface area contributed by atoms with Crippen LogP contribution in [0.4, 0.5) is 0 Å². The fourth-order valence-electron chi connectivity index (χ4n) is 1.46. The van der Waals surface area contributed by atoms with E-state index < -0.39 is 0 Å². The molecular formula is C12H25N. The van der Waals surface area contributed by atoms with Crippen molar-refractivity contribution in [3.8, 4) is 0 Å². The molecule has 1 heteroatoms. The lowest BCUT2D eigenvalue weighted by Crippen LogP contribution is -2.35. The van der Waals surface area contributed by atoms with Crippen molar-refractivity contribution in [3.63, 3.8) is 0 Å². The molecule has 0 fully saturated rings. The third-order valence-electron chi connectivity index (χ3n) is 2.56. The zero-order chi connectivity index (χ0) is 10.3. The Morgan fingerprint density at radius 3 is 2.38 bits per heavy atom. The van der Waals surface area contributed by atoms with Crippen LogP contribution in [0.15, 0.2) is 12.2 Å². The van der Waals surface area contributed by atoms with Gasteiger partial charge in [0.15, 0.2) is 0 Å². The van der Waals surface area contributed by atoms with Crippen LogP contribution in [-0.2, 0) is 0 Å². The van der Waals surface area contributed by atoms with Gasteiger partial charge in [-0.25, -0.2) is 0 Å². The second-order valence-electron chi connectivity index (χ2n) is 4.11. The molecule has 0 bridgehead atoms. The van der Waals surface area contributed by atoms with Crippen LogP contribution < -0.4 is 5.32 Å². The first-order valence-corrected chi connectivity index (χ1v) is 5.49. The average Bonchev–Trinajstić information content (AvgIpc) is 2.10. The van der Waals surface area contributed by atoms with Gasteiger partial charge in [-0.1, -0.05) is 32.8 Å². The summed E-state index contributed by atoms with van der Waals surface area (Å²) in [5.41, 5.74) is 1.29. The van der Waals surface area contributed by atoms with E-state index in [1.54, 1.807) is 0 Å². The molecule has 0 aliphatic carbocycles. The maximum Gasteiger partial charge on any atom is 0.0129 e. The standard InChI is InChI=1S/C12H25N/c1-6-8-13-12(9-10(3)4)11(5)7-2/h11-13H,3,6-9H2,1-2,4-5H3. The molecule has 0 saturated carbocycles. The molecule has 0 radical (unpaired) electrons. The van der Waals surface area contributed by atoms with Crippen molar-refractivity contribution in [3.05, 3.63) is 12.2 Å². The molecule has 0 aliphatic rings. The summed E-state index contributed by atoms with van der Waals surface area (Å²) < 4.78 is 0. The molecule has 13 heavy (non-hydrogen) atoms. The Kier molecular flexibility index (Phi) is 6.97. The van der Waals surface area contributed by atoms with Crippen molar-refractivity contribution >= 4 is 0 Å². The van der Waals surface area contributed by atoms with E-state index in [0.29, 0.717) is 6.04 Å². The van der Waals surface area contributed by atoms with E-state index in [-0.39, 0.29) is 0 Å². The van der Waals surface area contributed by atoms with Gasteiger partial charge in [0.1, 0.15) is 0 Å². The molecule has 0 aromatic heterocycles. The van der Waals surface area contributed by atoms with Gasteiger partial charge in [-0.15, -0.1) is 6.58 Å². The van der Waals surface area contributed by atoms with Crippen molar-refractivity contribution < 1.29 is 0 Å². The van der Waals surface area contributed by atoms with Crippen LogP contribution in [0.2, 0.25) is 0 Å². The predicted octanol–water partition coefficient (Wildman–Crippen LogP) is 3.37. The van der Waals surface area contributed by atoms with Gasteiger partial charge in [0.05, 0.1) is 0 Å². The zero-order valence-corrected chi connectivity index (χ0v) is 9.69. The first-order chi connectivity index (χ1) is 6.11. The van der Waals surface area contributed by atoms with Gasteiger partial charge in [0, 0.05) is 6.04 Å². The Balaban J connectivity index is 3.94. The van der Waals surface area contributed by atoms with Crippen molar-refractivity contribution in [2.45, 2.75) is 53.0 Å². The van der Waals surface area contributed by atoms with Gasteiger partial charge < -0.3 is 5.32 Å². The quantitative estimate of drug-likeness (QED) is 0.597.